The van der Waals surface area contributed by atoms with Gasteiger partial charge in [-0.3, -0.25) is 0 Å². The molecule has 0 amide bonds. The van der Waals surface area contributed by atoms with Crippen molar-refractivity contribution in [2.24, 2.45) is 17.3 Å². The Balaban J connectivity index is 2.04. The zero-order valence-corrected chi connectivity index (χ0v) is 12.8. The van der Waals surface area contributed by atoms with Gasteiger partial charge in [0.2, 0.25) is 5.95 Å². The normalized spacial score (nSPS) is 11.6. The fourth-order valence-corrected chi connectivity index (χ4v) is 2.65. The Morgan fingerprint density at radius 1 is 0.952 bits per heavy atom. The lowest BCUT2D eigenvalue weighted by Gasteiger charge is -2.05. The second-order valence-corrected chi connectivity index (χ2v) is 5.41. The summed E-state index contributed by atoms with van der Waals surface area (Å²) in [4.78, 5) is 4.51. The van der Waals surface area contributed by atoms with Crippen LogP contribution in [0.5, 0.6) is 0 Å². The van der Waals surface area contributed by atoms with E-state index in [2.05, 4.69) is 48.1 Å². The van der Waals surface area contributed by atoms with E-state index < -0.39 is 0 Å². The van der Waals surface area contributed by atoms with Crippen LogP contribution in [0.25, 0.3) is 11.0 Å². The number of aromatic nitrogens is 2. The molecule has 0 bridgehead atoms. The van der Waals surface area contributed by atoms with Gasteiger partial charge in [-0.15, -0.1) is 10.2 Å². The maximum Gasteiger partial charge on any atom is 0.250 e. The number of nitrogens with zero attached hydrogens (tertiary/aromatic N) is 4. The van der Waals surface area contributed by atoms with Crippen molar-refractivity contribution in [3.8, 4) is 0 Å². The number of fused-ring (bicyclic) bond motifs is 1. The first-order valence-corrected chi connectivity index (χ1v) is 6.97. The van der Waals surface area contributed by atoms with Gasteiger partial charge in [-0.25, -0.2) is 4.98 Å². The summed E-state index contributed by atoms with van der Waals surface area (Å²) in [6.45, 7) is 6.21. The molecule has 21 heavy (non-hydrogen) atoms. The first kappa shape index (κ1) is 13.5. The SMILES string of the molecule is Cc1cc(C)c(N=Nc2nc3ccccc3n2C)c(C)c1. The molecule has 0 spiro atoms. The number of para-hydroxylation sites is 2. The van der Waals surface area contributed by atoms with Crippen molar-refractivity contribution >= 4 is 22.7 Å². The minimum absolute atomic E-state index is 0.621. The lowest BCUT2D eigenvalue weighted by Crippen LogP contribution is -1.86. The van der Waals surface area contributed by atoms with Crippen LogP contribution in [0.2, 0.25) is 0 Å². The number of benzene rings is 2. The second kappa shape index (κ2) is 5.13. The fourth-order valence-electron chi connectivity index (χ4n) is 2.65. The van der Waals surface area contributed by atoms with Crippen LogP contribution in [0, 0.1) is 20.8 Å². The van der Waals surface area contributed by atoms with Crippen molar-refractivity contribution < 1.29 is 0 Å². The summed E-state index contributed by atoms with van der Waals surface area (Å²) in [5.74, 6) is 0.621. The molecule has 0 atom stereocenters. The van der Waals surface area contributed by atoms with Gasteiger partial charge in [0.05, 0.1) is 16.7 Å². The maximum atomic E-state index is 4.51. The monoisotopic (exact) mass is 278 g/mol. The van der Waals surface area contributed by atoms with Crippen molar-refractivity contribution in [2.45, 2.75) is 20.8 Å². The molecule has 106 valence electrons. The average molecular weight is 278 g/mol. The molecule has 0 unspecified atom stereocenters. The van der Waals surface area contributed by atoms with E-state index in [9.17, 15) is 0 Å². The molecule has 3 aromatic rings. The molecule has 0 N–H and O–H groups in total. The van der Waals surface area contributed by atoms with Gasteiger partial charge in [-0.1, -0.05) is 29.8 Å². The molecular formula is C17H18N4. The van der Waals surface area contributed by atoms with E-state index in [-0.39, 0.29) is 0 Å². The van der Waals surface area contributed by atoms with Gasteiger partial charge in [0.15, 0.2) is 0 Å². The number of imidazole rings is 1. The number of aryl methyl sites for hydroxylation is 4. The third kappa shape index (κ3) is 2.44. The number of hydrogen-bond donors (Lipinski definition) is 0. The van der Waals surface area contributed by atoms with E-state index in [1.54, 1.807) is 0 Å². The second-order valence-electron chi connectivity index (χ2n) is 5.41. The lowest BCUT2D eigenvalue weighted by atomic mass is 10.1. The van der Waals surface area contributed by atoms with Gasteiger partial charge in [0, 0.05) is 7.05 Å². The van der Waals surface area contributed by atoms with Gasteiger partial charge in [0.25, 0.3) is 0 Å². The predicted octanol–water partition coefficient (Wildman–Crippen LogP) is 4.91. The Morgan fingerprint density at radius 2 is 1.62 bits per heavy atom. The zero-order valence-electron chi connectivity index (χ0n) is 12.8. The standard InChI is InChI=1S/C17H18N4/c1-11-9-12(2)16(13(3)10-11)19-20-17-18-14-7-5-6-8-15(14)21(17)4/h5-10H,1-4H3. The molecule has 2 aromatic carbocycles. The van der Waals surface area contributed by atoms with E-state index in [1.165, 1.54) is 5.56 Å². The Morgan fingerprint density at radius 3 is 2.29 bits per heavy atom. The minimum Gasteiger partial charge on any atom is -0.310 e. The van der Waals surface area contributed by atoms with Gasteiger partial charge in [0.1, 0.15) is 0 Å². The molecule has 0 aliphatic rings. The van der Waals surface area contributed by atoms with Crippen LogP contribution in [0.4, 0.5) is 11.6 Å². The van der Waals surface area contributed by atoms with E-state index in [0.717, 1.165) is 27.8 Å². The molecule has 1 aromatic heterocycles. The van der Waals surface area contributed by atoms with Crippen LogP contribution in [0.3, 0.4) is 0 Å². The molecule has 1 heterocycles. The van der Waals surface area contributed by atoms with Crippen molar-refractivity contribution in [1.82, 2.24) is 9.55 Å². The van der Waals surface area contributed by atoms with Crippen LogP contribution in [-0.2, 0) is 7.05 Å². The third-order valence-corrected chi connectivity index (χ3v) is 3.64. The maximum absolute atomic E-state index is 4.51. The van der Waals surface area contributed by atoms with Crippen molar-refractivity contribution in [2.75, 3.05) is 0 Å². The molecule has 0 radical (unpaired) electrons. The smallest absolute Gasteiger partial charge is 0.250 e. The summed E-state index contributed by atoms with van der Waals surface area (Å²) in [5, 5.41) is 8.76. The Kier molecular flexibility index (Phi) is 3.29. The Hall–Kier alpha value is -2.49. The minimum atomic E-state index is 0.621. The first-order valence-electron chi connectivity index (χ1n) is 6.97. The van der Waals surface area contributed by atoms with Gasteiger partial charge < -0.3 is 4.57 Å². The highest BCUT2D eigenvalue weighted by molar-refractivity contribution is 5.77. The largest absolute Gasteiger partial charge is 0.310 e. The van der Waals surface area contributed by atoms with Crippen LogP contribution < -0.4 is 0 Å². The zero-order chi connectivity index (χ0) is 15.0. The summed E-state index contributed by atoms with van der Waals surface area (Å²) in [7, 11) is 1.96. The predicted molar refractivity (Wildman–Crippen MR) is 85.5 cm³/mol. The van der Waals surface area contributed by atoms with E-state index in [4.69, 9.17) is 0 Å². The van der Waals surface area contributed by atoms with Crippen LogP contribution in [-0.4, -0.2) is 9.55 Å². The molecule has 4 nitrogen and oxygen atoms in total. The van der Waals surface area contributed by atoms with Gasteiger partial charge in [-0.05, 0) is 44.0 Å². The van der Waals surface area contributed by atoms with Crippen molar-refractivity contribution in [3.05, 3.63) is 53.1 Å². The van der Waals surface area contributed by atoms with Crippen LogP contribution in [0.1, 0.15) is 16.7 Å². The molecule has 0 saturated carbocycles. The van der Waals surface area contributed by atoms with E-state index in [1.807, 2.05) is 35.9 Å². The first-order chi connectivity index (χ1) is 10.1. The highest BCUT2D eigenvalue weighted by atomic mass is 15.3. The average Bonchev–Trinajstić information content (AvgIpc) is 2.75. The summed E-state index contributed by atoms with van der Waals surface area (Å²) in [5.41, 5.74) is 6.43. The highest BCUT2D eigenvalue weighted by Crippen LogP contribution is 2.28. The quantitative estimate of drug-likeness (QED) is 0.614. The molecule has 0 aliphatic carbocycles. The lowest BCUT2D eigenvalue weighted by molar-refractivity contribution is 0.919. The van der Waals surface area contributed by atoms with Gasteiger partial charge >= 0.3 is 0 Å². The Bertz CT molecular complexity index is 820. The van der Waals surface area contributed by atoms with Crippen LogP contribution in [0.15, 0.2) is 46.6 Å². The number of rotatable bonds is 2. The molecule has 3 rings (SSSR count). The number of azo groups is 1. The topological polar surface area (TPSA) is 42.5 Å². The van der Waals surface area contributed by atoms with E-state index >= 15 is 0 Å². The summed E-state index contributed by atoms with van der Waals surface area (Å²) >= 11 is 0. The van der Waals surface area contributed by atoms with Crippen molar-refractivity contribution in [3.63, 3.8) is 0 Å². The molecule has 4 heteroatoms. The molecule has 0 aliphatic heterocycles. The molecule has 0 saturated heterocycles. The van der Waals surface area contributed by atoms with Gasteiger partial charge in [-0.2, -0.15) is 0 Å². The molecule has 0 fully saturated rings. The summed E-state index contributed by atoms with van der Waals surface area (Å²) in [6, 6.07) is 12.2. The van der Waals surface area contributed by atoms with E-state index in [0.29, 0.717) is 5.95 Å². The number of hydrogen-bond acceptors (Lipinski definition) is 3. The van der Waals surface area contributed by atoms with Crippen LogP contribution >= 0.6 is 0 Å². The van der Waals surface area contributed by atoms with Crippen molar-refractivity contribution in [1.29, 1.82) is 0 Å². The fraction of sp³-hybridized carbons (Fsp3) is 0.235. The summed E-state index contributed by atoms with van der Waals surface area (Å²) in [6.07, 6.45) is 0. The third-order valence-electron chi connectivity index (χ3n) is 3.64. The highest BCUT2D eigenvalue weighted by Gasteiger charge is 2.07. The summed E-state index contributed by atoms with van der Waals surface area (Å²) < 4.78 is 1.96. The Labute approximate surface area is 124 Å². The molecular weight excluding hydrogens is 260 g/mol.